The van der Waals surface area contributed by atoms with Crippen molar-refractivity contribution in [2.24, 2.45) is 11.7 Å². The lowest BCUT2D eigenvalue weighted by atomic mass is 10.0. The summed E-state index contributed by atoms with van der Waals surface area (Å²) >= 11 is 0. The summed E-state index contributed by atoms with van der Waals surface area (Å²) in [4.78, 5) is 0. The van der Waals surface area contributed by atoms with Crippen molar-refractivity contribution in [1.29, 1.82) is 0 Å². The molecule has 0 spiro atoms. The molecule has 1 heterocycles. The molecule has 106 valence electrons. The Bertz CT molecular complexity index is 501. The molecule has 1 aromatic carbocycles. The van der Waals surface area contributed by atoms with Gasteiger partial charge in [0.1, 0.15) is 0 Å². The van der Waals surface area contributed by atoms with Crippen LogP contribution in [0.15, 0.2) is 30.3 Å². The summed E-state index contributed by atoms with van der Waals surface area (Å²) in [6, 6.07) is 9.79. The first kappa shape index (κ1) is 14.5. The summed E-state index contributed by atoms with van der Waals surface area (Å²) in [6.45, 7) is 3.73. The third-order valence-electron chi connectivity index (χ3n) is 3.80. The standard InChI is InChI=1S/C14H22N2O2S/c1-12(14-5-3-2-4-6-14)11-19(17,18)16-8-7-13(9-15)10-16/h2-6,12-13H,7-11,15H2,1H3. The number of hydrogen-bond donors (Lipinski definition) is 1. The third-order valence-corrected chi connectivity index (χ3v) is 5.84. The maximum atomic E-state index is 12.4. The number of hydrogen-bond acceptors (Lipinski definition) is 3. The Morgan fingerprint density at radius 1 is 1.37 bits per heavy atom. The van der Waals surface area contributed by atoms with E-state index in [0.29, 0.717) is 25.6 Å². The Kier molecular flexibility index (Phi) is 4.60. The second kappa shape index (κ2) is 6.03. The zero-order valence-electron chi connectivity index (χ0n) is 11.3. The molecule has 2 N–H and O–H groups in total. The van der Waals surface area contributed by atoms with Crippen LogP contribution in [0.1, 0.15) is 24.8 Å². The van der Waals surface area contributed by atoms with Crippen LogP contribution in [-0.4, -0.2) is 38.1 Å². The molecule has 0 amide bonds. The highest BCUT2D eigenvalue weighted by atomic mass is 32.2. The zero-order valence-corrected chi connectivity index (χ0v) is 12.1. The van der Waals surface area contributed by atoms with Gasteiger partial charge in [0.05, 0.1) is 5.75 Å². The molecule has 1 aromatic rings. The van der Waals surface area contributed by atoms with Crippen molar-refractivity contribution in [3.05, 3.63) is 35.9 Å². The van der Waals surface area contributed by atoms with E-state index in [0.717, 1.165) is 12.0 Å². The number of nitrogens with zero attached hydrogens (tertiary/aromatic N) is 1. The SMILES string of the molecule is CC(CS(=O)(=O)N1CCC(CN)C1)c1ccccc1. The van der Waals surface area contributed by atoms with E-state index in [-0.39, 0.29) is 11.7 Å². The van der Waals surface area contributed by atoms with E-state index in [1.165, 1.54) is 0 Å². The molecule has 4 nitrogen and oxygen atoms in total. The molecule has 0 saturated carbocycles. The van der Waals surface area contributed by atoms with Crippen LogP contribution in [0.2, 0.25) is 0 Å². The fraction of sp³-hybridized carbons (Fsp3) is 0.571. The summed E-state index contributed by atoms with van der Waals surface area (Å²) in [5.74, 6) is 0.513. The molecule has 1 saturated heterocycles. The first-order valence-electron chi connectivity index (χ1n) is 6.75. The summed E-state index contributed by atoms with van der Waals surface area (Å²) in [6.07, 6.45) is 0.884. The average molecular weight is 282 g/mol. The van der Waals surface area contributed by atoms with E-state index in [2.05, 4.69) is 0 Å². The zero-order chi connectivity index (χ0) is 13.9. The highest BCUT2D eigenvalue weighted by Crippen LogP contribution is 2.23. The van der Waals surface area contributed by atoms with Crippen LogP contribution in [0.3, 0.4) is 0 Å². The Morgan fingerprint density at radius 3 is 2.63 bits per heavy atom. The van der Waals surface area contributed by atoms with Crippen molar-refractivity contribution in [1.82, 2.24) is 4.31 Å². The van der Waals surface area contributed by atoms with Gasteiger partial charge in [-0.3, -0.25) is 0 Å². The van der Waals surface area contributed by atoms with E-state index in [1.54, 1.807) is 4.31 Å². The van der Waals surface area contributed by atoms with Gasteiger partial charge in [0.25, 0.3) is 0 Å². The predicted molar refractivity (Wildman–Crippen MR) is 77.4 cm³/mol. The molecule has 0 radical (unpaired) electrons. The van der Waals surface area contributed by atoms with Gasteiger partial charge >= 0.3 is 0 Å². The lowest BCUT2D eigenvalue weighted by Crippen LogP contribution is -2.33. The summed E-state index contributed by atoms with van der Waals surface area (Å²) in [7, 11) is -3.17. The highest BCUT2D eigenvalue weighted by Gasteiger charge is 2.31. The fourth-order valence-corrected chi connectivity index (χ4v) is 4.40. The van der Waals surface area contributed by atoms with Crippen LogP contribution in [0.5, 0.6) is 0 Å². The van der Waals surface area contributed by atoms with Crippen molar-refractivity contribution in [2.45, 2.75) is 19.3 Å². The molecule has 1 aliphatic rings. The van der Waals surface area contributed by atoms with Gasteiger partial charge in [-0.15, -0.1) is 0 Å². The smallest absolute Gasteiger partial charge is 0.214 e. The molecule has 2 unspecified atom stereocenters. The molecule has 1 aliphatic heterocycles. The fourth-order valence-electron chi connectivity index (χ4n) is 2.54. The topological polar surface area (TPSA) is 63.4 Å². The maximum Gasteiger partial charge on any atom is 0.214 e. The van der Waals surface area contributed by atoms with Crippen LogP contribution in [-0.2, 0) is 10.0 Å². The Hall–Kier alpha value is -0.910. The summed E-state index contributed by atoms with van der Waals surface area (Å²) in [5, 5.41) is 0. The Labute approximate surface area is 115 Å². The van der Waals surface area contributed by atoms with Crippen molar-refractivity contribution in [2.75, 3.05) is 25.4 Å². The van der Waals surface area contributed by atoms with Gasteiger partial charge in [-0.25, -0.2) is 12.7 Å². The average Bonchev–Trinajstić information content (AvgIpc) is 2.89. The van der Waals surface area contributed by atoms with Gasteiger partial charge in [-0.1, -0.05) is 37.3 Å². The molecular weight excluding hydrogens is 260 g/mol. The van der Waals surface area contributed by atoms with Crippen molar-refractivity contribution < 1.29 is 8.42 Å². The van der Waals surface area contributed by atoms with Crippen LogP contribution >= 0.6 is 0 Å². The minimum atomic E-state index is -3.17. The lowest BCUT2D eigenvalue weighted by Gasteiger charge is -2.19. The largest absolute Gasteiger partial charge is 0.330 e. The number of sulfonamides is 1. The quantitative estimate of drug-likeness (QED) is 0.888. The first-order chi connectivity index (χ1) is 9.03. The number of rotatable bonds is 5. The molecular formula is C14H22N2O2S. The molecule has 1 fully saturated rings. The molecule has 2 rings (SSSR count). The normalized spacial score (nSPS) is 22.5. The van der Waals surface area contributed by atoms with Crippen molar-refractivity contribution in [3.8, 4) is 0 Å². The summed E-state index contributed by atoms with van der Waals surface area (Å²) < 4.78 is 26.3. The summed E-state index contributed by atoms with van der Waals surface area (Å²) in [5.41, 5.74) is 6.68. The van der Waals surface area contributed by atoms with Gasteiger partial charge < -0.3 is 5.73 Å². The molecule has 0 aromatic heterocycles. The van der Waals surface area contributed by atoms with Crippen LogP contribution < -0.4 is 5.73 Å². The van der Waals surface area contributed by atoms with Gasteiger partial charge in [-0.2, -0.15) is 0 Å². The van der Waals surface area contributed by atoms with E-state index in [4.69, 9.17) is 5.73 Å². The second-order valence-electron chi connectivity index (χ2n) is 5.34. The number of nitrogens with two attached hydrogens (primary N) is 1. The highest BCUT2D eigenvalue weighted by molar-refractivity contribution is 7.89. The number of benzene rings is 1. The molecule has 0 bridgehead atoms. The van der Waals surface area contributed by atoms with Crippen LogP contribution in [0.25, 0.3) is 0 Å². The van der Waals surface area contributed by atoms with Gasteiger partial charge in [0, 0.05) is 13.1 Å². The minimum Gasteiger partial charge on any atom is -0.330 e. The third kappa shape index (κ3) is 3.55. The van der Waals surface area contributed by atoms with E-state index in [9.17, 15) is 8.42 Å². The minimum absolute atomic E-state index is 0.0168. The molecule has 19 heavy (non-hydrogen) atoms. The van der Waals surface area contributed by atoms with Crippen LogP contribution in [0.4, 0.5) is 0 Å². The molecule has 0 aliphatic carbocycles. The second-order valence-corrected chi connectivity index (χ2v) is 7.35. The molecule has 2 atom stereocenters. The maximum absolute atomic E-state index is 12.4. The Balaban J connectivity index is 2.02. The monoisotopic (exact) mass is 282 g/mol. The lowest BCUT2D eigenvalue weighted by molar-refractivity contribution is 0.456. The Morgan fingerprint density at radius 2 is 2.05 bits per heavy atom. The molecule has 5 heteroatoms. The van der Waals surface area contributed by atoms with E-state index >= 15 is 0 Å². The van der Waals surface area contributed by atoms with Gasteiger partial charge in [-0.05, 0) is 30.4 Å². The van der Waals surface area contributed by atoms with Gasteiger partial charge in [0.2, 0.25) is 10.0 Å². The first-order valence-corrected chi connectivity index (χ1v) is 8.36. The predicted octanol–water partition coefficient (Wildman–Crippen LogP) is 1.40. The van der Waals surface area contributed by atoms with Crippen LogP contribution in [0, 0.1) is 5.92 Å². The van der Waals surface area contributed by atoms with E-state index < -0.39 is 10.0 Å². The van der Waals surface area contributed by atoms with Crippen molar-refractivity contribution in [3.63, 3.8) is 0 Å². The van der Waals surface area contributed by atoms with Gasteiger partial charge in [0.15, 0.2) is 0 Å². The van der Waals surface area contributed by atoms with Crippen molar-refractivity contribution >= 4 is 10.0 Å². The van der Waals surface area contributed by atoms with E-state index in [1.807, 2.05) is 37.3 Å².